The van der Waals surface area contributed by atoms with Gasteiger partial charge in [-0.2, -0.15) is 0 Å². The van der Waals surface area contributed by atoms with Crippen molar-refractivity contribution < 1.29 is 19.1 Å². The fraction of sp³-hybridized carbons (Fsp3) is 0.364. The Morgan fingerprint density at radius 2 is 1.89 bits per heavy atom. The Labute approximate surface area is 165 Å². The lowest BCUT2D eigenvalue weighted by Crippen LogP contribution is -2.33. The molecule has 2 aromatic rings. The SMILES string of the molecule is COc1cccc(CNC(=O)C2CC(=O)N(CCc3ccccc3)C2)c1OC. The summed E-state index contributed by atoms with van der Waals surface area (Å²) in [5.74, 6) is 0.838. The van der Waals surface area contributed by atoms with E-state index in [4.69, 9.17) is 9.47 Å². The second-order valence-corrected chi connectivity index (χ2v) is 6.85. The van der Waals surface area contributed by atoms with Gasteiger partial charge in [-0.1, -0.05) is 42.5 Å². The van der Waals surface area contributed by atoms with Crippen molar-refractivity contribution in [1.29, 1.82) is 0 Å². The fourth-order valence-electron chi connectivity index (χ4n) is 3.49. The molecule has 0 saturated carbocycles. The van der Waals surface area contributed by atoms with Gasteiger partial charge in [0.25, 0.3) is 0 Å². The van der Waals surface area contributed by atoms with E-state index >= 15 is 0 Å². The van der Waals surface area contributed by atoms with E-state index in [9.17, 15) is 9.59 Å². The van der Waals surface area contributed by atoms with Crippen LogP contribution < -0.4 is 14.8 Å². The van der Waals surface area contributed by atoms with Crippen molar-refractivity contribution in [3.8, 4) is 11.5 Å². The van der Waals surface area contributed by atoms with Crippen LogP contribution in [0.3, 0.4) is 0 Å². The maximum Gasteiger partial charge on any atom is 0.225 e. The van der Waals surface area contributed by atoms with Gasteiger partial charge < -0.3 is 19.7 Å². The number of nitrogens with one attached hydrogen (secondary N) is 1. The lowest BCUT2D eigenvalue weighted by molar-refractivity contribution is -0.129. The fourth-order valence-corrected chi connectivity index (χ4v) is 3.49. The van der Waals surface area contributed by atoms with E-state index in [-0.39, 0.29) is 24.2 Å². The average molecular weight is 382 g/mol. The molecule has 0 radical (unpaired) electrons. The van der Waals surface area contributed by atoms with Crippen LogP contribution in [0.2, 0.25) is 0 Å². The lowest BCUT2D eigenvalue weighted by atomic mass is 10.1. The van der Waals surface area contributed by atoms with Crippen LogP contribution in [0.1, 0.15) is 17.5 Å². The molecule has 28 heavy (non-hydrogen) atoms. The number of nitrogens with zero attached hydrogens (tertiary/aromatic N) is 1. The molecule has 0 bridgehead atoms. The van der Waals surface area contributed by atoms with Crippen LogP contribution in [0.4, 0.5) is 0 Å². The lowest BCUT2D eigenvalue weighted by Gasteiger charge is -2.17. The maximum atomic E-state index is 12.6. The van der Waals surface area contributed by atoms with Gasteiger partial charge in [-0.15, -0.1) is 0 Å². The zero-order valence-corrected chi connectivity index (χ0v) is 16.3. The van der Waals surface area contributed by atoms with Crippen LogP contribution in [-0.4, -0.2) is 44.0 Å². The number of amides is 2. The maximum absolute atomic E-state index is 12.6. The number of carbonyl (C=O) groups is 2. The van der Waals surface area contributed by atoms with Crippen LogP contribution >= 0.6 is 0 Å². The molecule has 1 fully saturated rings. The molecule has 0 aromatic heterocycles. The summed E-state index contributed by atoms with van der Waals surface area (Å²) in [4.78, 5) is 26.6. The highest BCUT2D eigenvalue weighted by atomic mass is 16.5. The van der Waals surface area contributed by atoms with Crippen molar-refractivity contribution in [2.45, 2.75) is 19.4 Å². The minimum Gasteiger partial charge on any atom is -0.493 e. The van der Waals surface area contributed by atoms with E-state index in [0.29, 0.717) is 31.1 Å². The van der Waals surface area contributed by atoms with Gasteiger partial charge in [0.1, 0.15) is 0 Å². The van der Waals surface area contributed by atoms with Crippen molar-refractivity contribution in [2.75, 3.05) is 27.3 Å². The summed E-state index contributed by atoms with van der Waals surface area (Å²) >= 11 is 0. The first kappa shape index (κ1) is 19.7. The third-order valence-electron chi connectivity index (χ3n) is 5.04. The Kier molecular flexibility index (Phi) is 6.53. The van der Waals surface area contributed by atoms with Crippen molar-refractivity contribution >= 4 is 11.8 Å². The summed E-state index contributed by atoms with van der Waals surface area (Å²) in [6.07, 6.45) is 1.05. The molecule has 0 spiro atoms. The Morgan fingerprint density at radius 1 is 1.11 bits per heavy atom. The van der Waals surface area contributed by atoms with Crippen LogP contribution in [0.15, 0.2) is 48.5 Å². The average Bonchev–Trinajstić information content (AvgIpc) is 3.11. The Bertz CT molecular complexity index is 823. The third-order valence-corrected chi connectivity index (χ3v) is 5.04. The Balaban J connectivity index is 1.53. The molecule has 1 heterocycles. The number of para-hydroxylation sites is 1. The molecule has 1 atom stereocenters. The van der Waals surface area contributed by atoms with Crippen molar-refractivity contribution in [2.24, 2.45) is 5.92 Å². The first-order chi connectivity index (χ1) is 13.6. The van der Waals surface area contributed by atoms with Crippen LogP contribution in [0.5, 0.6) is 11.5 Å². The molecule has 2 aromatic carbocycles. The summed E-state index contributed by atoms with van der Waals surface area (Å²) in [5, 5.41) is 2.93. The van der Waals surface area contributed by atoms with Crippen molar-refractivity contribution in [3.63, 3.8) is 0 Å². The number of hydrogen-bond acceptors (Lipinski definition) is 4. The largest absolute Gasteiger partial charge is 0.493 e. The highest BCUT2D eigenvalue weighted by Gasteiger charge is 2.33. The van der Waals surface area contributed by atoms with E-state index in [0.717, 1.165) is 12.0 Å². The smallest absolute Gasteiger partial charge is 0.225 e. The molecule has 6 nitrogen and oxygen atoms in total. The predicted molar refractivity (Wildman–Crippen MR) is 106 cm³/mol. The zero-order valence-electron chi connectivity index (χ0n) is 16.3. The standard InChI is InChI=1S/C22H26N2O4/c1-27-19-10-6-9-17(21(19)28-2)14-23-22(26)18-13-20(25)24(15-18)12-11-16-7-4-3-5-8-16/h3-10,18H,11-15H2,1-2H3,(H,23,26). The third kappa shape index (κ3) is 4.63. The molecule has 1 unspecified atom stereocenters. The van der Waals surface area contributed by atoms with Gasteiger partial charge in [-0.05, 0) is 18.1 Å². The number of methoxy groups -OCH3 is 2. The van der Waals surface area contributed by atoms with Crippen LogP contribution in [-0.2, 0) is 22.6 Å². The van der Waals surface area contributed by atoms with Gasteiger partial charge in [-0.3, -0.25) is 9.59 Å². The minimum atomic E-state index is -0.320. The number of likely N-dealkylation sites (tertiary alicyclic amines) is 1. The van der Waals surface area contributed by atoms with Crippen LogP contribution in [0.25, 0.3) is 0 Å². The van der Waals surface area contributed by atoms with Gasteiger partial charge in [-0.25, -0.2) is 0 Å². The predicted octanol–water partition coefficient (Wildman–Crippen LogP) is 2.41. The van der Waals surface area contributed by atoms with Crippen molar-refractivity contribution in [1.82, 2.24) is 10.2 Å². The minimum absolute atomic E-state index is 0.0371. The highest BCUT2D eigenvalue weighted by Crippen LogP contribution is 2.30. The molecule has 1 aliphatic rings. The molecular weight excluding hydrogens is 356 g/mol. The van der Waals surface area contributed by atoms with E-state index < -0.39 is 0 Å². The number of rotatable bonds is 8. The number of ether oxygens (including phenoxy) is 2. The summed E-state index contributed by atoms with van der Waals surface area (Å²) in [5.41, 5.74) is 2.02. The highest BCUT2D eigenvalue weighted by molar-refractivity contribution is 5.89. The summed E-state index contributed by atoms with van der Waals surface area (Å²) in [6.45, 7) is 1.43. The summed E-state index contributed by atoms with van der Waals surface area (Å²) in [7, 11) is 3.15. The van der Waals surface area contributed by atoms with Crippen LogP contribution in [0, 0.1) is 5.92 Å². The molecular formula is C22H26N2O4. The molecule has 1 saturated heterocycles. The number of carbonyl (C=O) groups excluding carboxylic acids is 2. The molecule has 2 amide bonds. The molecule has 1 aliphatic heterocycles. The van der Waals surface area contributed by atoms with Crippen molar-refractivity contribution in [3.05, 3.63) is 59.7 Å². The second kappa shape index (κ2) is 9.26. The first-order valence-corrected chi connectivity index (χ1v) is 9.41. The van der Waals surface area contributed by atoms with Gasteiger partial charge in [0.2, 0.25) is 11.8 Å². The monoisotopic (exact) mass is 382 g/mol. The van der Waals surface area contributed by atoms with Gasteiger partial charge in [0, 0.05) is 31.6 Å². The van der Waals surface area contributed by atoms with Gasteiger partial charge >= 0.3 is 0 Å². The van der Waals surface area contributed by atoms with Gasteiger partial charge in [0.05, 0.1) is 20.1 Å². The Hall–Kier alpha value is -3.02. The summed E-state index contributed by atoms with van der Waals surface area (Å²) < 4.78 is 10.7. The zero-order chi connectivity index (χ0) is 19.9. The molecule has 0 aliphatic carbocycles. The molecule has 1 N–H and O–H groups in total. The molecule has 148 valence electrons. The number of benzene rings is 2. The molecule has 3 rings (SSSR count). The van der Waals surface area contributed by atoms with Gasteiger partial charge in [0.15, 0.2) is 11.5 Å². The van der Waals surface area contributed by atoms with E-state index in [2.05, 4.69) is 5.32 Å². The van der Waals surface area contributed by atoms with E-state index in [1.165, 1.54) is 5.56 Å². The quantitative estimate of drug-likeness (QED) is 0.761. The summed E-state index contributed by atoms with van der Waals surface area (Å²) in [6, 6.07) is 15.6. The van der Waals surface area contributed by atoms with E-state index in [1.807, 2.05) is 48.5 Å². The first-order valence-electron chi connectivity index (χ1n) is 9.41. The second-order valence-electron chi connectivity index (χ2n) is 6.85. The topological polar surface area (TPSA) is 67.9 Å². The number of hydrogen-bond donors (Lipinski definition) is 1. The molecule has 6 heteroatoms. The van der Waals surface area contributed by atoms with E-state index in [1.54, 1.807) is 19.1 Å². The Morgan fingerprint density at radius 3 is 2.61 bits per heavy atom. The normalized spacial score (nSPS) is 16.1.